The molecule has 7 heteroatoms. The van der Waals surface area contributed by atoms with E-state index in [4.69, 9.17) is 4.52 Å². The monoisotopic (exact) mass is 417 g/mol. The van der Waals surface area contributed by atoms with Gasteiger partial charge in [0.1, 0.15) is 0 Å². The number of nitrogens with one attached hydrogen (secondary N) is 1. The van der Waals surface area contributed by atoms with Crippen LogP contribution in [0.5, 0.6) is 0 Å². The summed E-state index contributed by atoms with van der Waals surface area (Å²) in [5, 5.41) is 7.16. The Bertz CT molecular complexity index is 1080. The Labute approximate surface area is 182 Å². The summed E-state index contributed by atoms with van der Waals surface area (Å²) in [5.74, 6) is 1.87. The molecule has 2 amide bonds. The molecule has 0 unspecified atom stereocenters. The number of aromatic nitrogens is 2. The number of urea groups is 1. The first kappa shape index (κ1) is 19.6. The molecule has 0 spiro atoms. The number of carbonyl (C=O) groups is 1. The van der Waals surface area contributed by atoms with Crippen LogP contribution >= 0.6 is 0 Å². The first-order chi connectivity index (χ1) is 15.1. The predicted octanol–water partition coefficient (Wildman–Crippen LogP) is 4.58. The first-order valence-electron chi connectivity index (χ1n) is 10.9. The summed E-state index contributed by atoms with van der Waals surface area (Å²) in [6, 6.07) is 14.3. The molecule has 1 aliphatic carbocycles. The van der Waals surface area contributed by atoms with Gasteiger partial charge in [-0.2, -0.15) is 4.98 Å². The van der Waals surface area contributed by atoms with Crippen molar-refractivity contribution in [1.82, 2.24) is 15.0 Å². The fourth-order valence-corrected chi connectivity index (χ4v) is 3.99. The molecule has 0 radical (unpaired) electrons. The summed E-state index contributed by atoms with van der Waals surface area (Å²) >= 11 is 0. The van der Waals surface area contributed by atoms with E-state index in [1.165, 1.54) is 5.56 Å². The van der Waals surface area contributed by atoms with Gasteiger partial charge in [0.25, 0.3) is 0 Å². The van der Waals surface area contributed by atoms with Crippen molar-refractivity contribution in [2.75, 3.05) is 36.4 Å². The lowest BCUT2D eigenvalue weighted by atomic mass is 10.1. The van der Waals surface area contributed by atoms with Gasteiger partial charge in [0, 0.05) is 49.0 Å². The summed E-state index contributed by atoms with van der Waals surface area (Å²) in [6.45, 7) is 7.05. The minimum atomic E-state index is -0.0366. The minimum Gasteiger partial charge on any atom is -0.368 e. The highest BCUT2D eigenvalue weighted by molar-refractivity contribution is 5.90. The maximum atomic E-state index is 12.7. The zero-order valence-electron chi connectivity index (χ0n) is 18.0. The van der Waals surface area contributed by atoms with Crippen LogP contribution in [-0.4, -0.2) is 47.3 Å². The fourth-order valence-electron chi connectivity index (χ4n) is 3.99. The van der Waals surface area contributed by atoms with Gasteiger partial charge in [-0.1, -0.05) is 22.9 Å². The van der Waals surface area contributed by atoms with Gasteiger partial charge in [-0.05, 0) is 62.6 Å². The van der Waals surface area contributed by atoms with E-state index in [0.717, 1.165) is 54.3 Å². The molecular weight excluding hydrogens is 390 g/mol. The molecule has 2 fully saturated rings. The smallest absolute Gasteiger partial charge is 0.321 e. The second-order valence-electron chi connectivity index (χ2n) is 8.50. The highest BCUT2D eigenvalue weighted by Crippen LogP contribution is 2.39. The van der Waals surface area contributed by atoms with Crippen molar-refractivity contribution >= 4 is 17.4 Å². The summed E-state index contributed by atoms with van der Waals surface area (Å²) < 4.78 is 5.36. The van der Waals surface area contributed by atoms with E-state index in [9.17, 15) is 4.79 Å². The number of aryl methyl sites for hydroxylation is 2. The van der Waals surface area contributed by atoms with E-state index in [0.29, 0.717) is 24.8 Å². The SMILES string of the molecule is Cc1ccc(NC(=O)N2CCN(c3ccc(-c4noc(C5CC5)n4)cc3)CC2)c(C)c1. The molecule has 160 valence electrons. The lowest BCUT2D eigenvalue weighted by molar-refractivity contribution is 0.208. The number of hydrogen-bond donors (Lipinski definition) is 1. The third-order valence-corrected chi connectivity index (χ3v) is 6.05. The molecule has 1 saturated carbocycles. The molecule has 31 heavy (non-hydrogen) atoms. The third-order valence-electron chi connectivity index (χ3n) is 6.05. The van der Waals surface area contributed by atoms with E-state index in [1.807, 2.05) is 36.1 Å². The molecule has 0 atom stereocenters. The van der Waals surface area contributed by atoms with Crippen LogP contribution in [0.3, 0.4) is 0 Å². The van der Waals surface area contributed by atoms with Crippen molar-refractivity contribution in [1.29, 1.82) is 0 Å². The van der Waals surface area contributed by atoms with Gasteiger partial charge >= 0.3 is 6.03 Å². The summed E-state index contributed by atoms with van der Waals surface area (Å²) in [5.41, 5.74) is 5.26. The molecule has 7 nitrogen and oxygen atoms in total. The van der Waals surface area contributed by atoms with Crippen molar-refractivity contribution in [3.63, 3.8) is 0 Å². The van der Waals surface area contributed by atoms with Gasteiger partial charge in [-0.15, -0.1) is 0 Å². The van der Waals surface area contributed by atoms with Crippen LogP contribution in [0.4, 0.5) is 16.2 Å². The van der Waals surface area contributed by atoms with E-state index in [1.54, 1.807) is 0 Å². The second-order valence-corrected chi connectivity index (χ2v) is 8.50. The average Bonchev–Trinajstić information content (AvgIpc) is 3.52. The number of nitrogens with zero attached hydrogens (tertiary/aromatic N) is 4. The van der Waals surface area contributed by atoms with Gasteiger partial charge in [0.05, 0.1) is 0 Å². The molecule has 2 heterocycles. The normalized spacial score (nSPS) is 16.5. The molecule has 1 aromatic heterocycles. The molecule has 5 rings (SSSR count). The molecule has 2 aliphatic rings. The lowest BCUT2D eigenvalue weighted by Gasteiger charge is -2.36. The summed E-state index contributed by atoms with van der Waals surface area (Å²) in [4.78, 5) is 21.4. The molecule has 1 saturated heterocycles. The van der Waals surface area contributed by atoms with Gasteiger partial charge in [0.2, 0.25) is 11.7 Å². The quantitative estimate of drug-likeness (QED) is 0.672. The topological polar surface area (TPSA) is 74.5 Å². The number of carbonyl (C=O) groups excluding carboxylic acids is 1. The predicted molar refractivity (Wildman–Crippen MR) is 120 cm³/mol. The van der Waals surface area contributed by atoms with Gasteiger partial charge in [-0.3, -0.25) is 0 Å². The first-order valence-corrected chi connectivity index (χ1v) is 10.9. The average molecular weight is 418 g/mol. The van der Waals surface area contributed by atoms with Crippen LogP contribution in [0.25, 0.3) is 11.4 Å². The molecule has 1 aliphatic heterocycles. The number of hydrogen-bond acceptors (Lipinski definition) is 5. The minimum absolute atomic E-state index is 0.0366. The standard InChI is InChI=1S/C24H27N5O2/c1-16-3-10-21(17(2)15-16)25-24(30)29-13-11-28(12-14-29)20-8-6-18(7-9-20)22-26-23(31-27-22)19-4-5-19/h3,6-10,15,19H,4-5,11-14H2,1-2H3,(H,25,30). The largest absolute Gasteiger partial charge is 0.368 e. The van der Waals surface area contributed by atoms with Crippen LogP contribution in [0.1, 0.15) is 35.8 Å². The van der Waals surface area contributed by atoms with Gasteiger partial charge in [0.15, 0.2) is 0 Å². The number of amides is 2. The van der Waals surface area contributed by atoms with E-state index >= 15 is 0 Å². The Morgan fingerprint density at radius 2 is 1.77 bits per heavy atom. The summed E-state index contributed by atoms with van der Waals surface area (Å²) in [7, 11) is 0. The van der Waals surface area contributed by atoms with Crippen molar-refractivity contribution in [3.8, 4) is 11.4 Å². The molecule has 3 aromatic rings. The zero-order valence-corrected chi connectivity index (χ0v) is 18.0. The summed E-state index contributed by atoms with van der Waals surface area (Å²) in [6.07, 6.45) is 2.30. The van der Waals surface area contributed by atoms with Gasteiger partial charge < -0.3 is 19.6 Å². The maximum absolute atomic E-state index is 12.7. The Balaban J connectivity index is 1.17. The van der Waals surface area contributed by atoms with Crippen molar-refractivity contribution in [3.05, 3.63) is 59.5 Å². The number of benzene rings is 2. The van der Waals surface area contributed by atoms with Gasteiger partial charge in [-0.25, -0.2) is 4.79 Å². The van der Waals surface area contributed by atoms with Crippen LogP contribution < -0.4 is 10.2 Å². The molecule has 1 N–H and O–H groups in total. The molecule has 0 bridgehead atoms. The Morgan fingerprint density at radius 3 is 2.45 bits per heavy atom. The Hall–Kier alpha value is -3.35. The lowest BCUT2D eigenvalue weighted by Crippen LogP contribution is -2.50. The van der Waals surface area contributed by atoms with E-state index in [-0.39, 0.29) is 6.03 Å². The third kappa shape index (κ3) is 4.26. The number of anilines is 2. The Kier molecular flexibility index (Phi) is 5.10. The van der Waals surface area contributed by atoms with Crippen molar-refractivity contribution in [2.45, 2.75) is 32.6 Å². The van der Waals surface area contributed by atoms with E-state index < -0.39 is 0 Å². The zero-order chi connectivity index (χ0) is 21.4. The molecular formula is C24H27N5O2. The van der Waals surface area contributed by atoms with Crippen LogP contribution in [-0.2, 0) is 0 Å². The number of piperazine rings is 1. The van der Waals surface area contributed by atoms with Crippen molar-refractivity contribution < 1.29 is 9.32 Å². The van der Waals surface area contributed by atoms with Crippen LogP contribution in [0.2, 0.25) is 0 Å². The fraction of sp³-hybridized carbons (Fsp3) is 0.375. The number of rotatable bonds is 4. The van der Waals surface area contributed by atoms with Crippen LogP contribution in [0, 0.1) is 13.8 Å². The second kappa shape index (κ2) is 8.06. The maximum Gasteiger partial charge on any atom is 0.321 e. The molecule has 2 aromatic carbocycles. The Morgan fingerprint density at radius 1 is 1.03 bits per heavy atom. The van der Waals surface area contributed by atoms with E-state index in [2.05, 4.69) is 45.5 Å². The van der Waals surface area contributed by atoms with Crippen LogP contribution in [0.15, 0.2) is 47.0 Å². The van der Waals surface area contributed by atoms with Crippen molar-refractivity contribution in [2.24, 2.45) is 0 Å². The highest BCUT2D eigenvalue weighted by atomic mass is 16.5. The highest BCUT2D eigenvalue weighted by Gasteiger charge is 2.29.